The molecule has 0 saturated carbocycles. The standard InChI is InChI=1S/C8H9FN2OS/c1-12-11(8(10)13)7-4-2-6(9)3-5-7/h2-5H,1H3,(H2,10,13). The molecule has 0 aliphatic rings. The molecule has 0 atom stereocenters. The first-order valence-corrected chi connectivity index (χ1v) is 3.95. The van der Waals surface area contributed by atoms with E-state index in [1.807, 2.05) is 0 Å². The minimum absolute atomic E-state index is 0.0779. The maximum absolute atomic E-state index is 12.5. The first kappa shape index (κ1) is 9.88. The third-order valence-corrected chi connectivity index (χ3v) is 1.61. The smallest absolute Gasteiger partial charge is 0.195 e. The Kier molecular flexibility index (Phi) is 3.16. The predicted octanol–water partition coefficient (Wildman–Crippen LogP) is 1.44. The van der Waals surface area contributed by atoms with Crippen molar-refractivity contribution in [3.8, 4) is 0 Å². The van der Waals surface area contributed by atoms with Crippen LogP contribution < -0.4 is 10.8 Å². The molecule has 0 amide bonds. The van der Waals surface area contributed by atoms with Gasteiger partial charge in [-0.2, -0.15) is 5.06 Å². The van der Waals surface area contributed by atoms with E-state index in [-0.39, 0.29) is 10.9 Å². The van der Waals surface area contributed by atoms with Crippen LogP contribution in [-0.4, -0.2) is 12.2 Å². The molecule has 2 N–H and O–H groups in total. The molecule has 3 nitrogen and oxygen atoms in total. The zero-order valence-electron chi connectivity index (χ0n) is 7.03. The van der Waals surface area contributed by atoms with Gasteiger partial charge in [0, 0.05) is 0 Å². The van der Waals surface area contributed by atoms with Gasteiger partial charge in [-0.05, 0) is 36.5 Å². The van der Waals surface area contributed by atoms with Gasteiger partial charge in [-0.3, -0.25) is 4.84 Å². The van der Waals surface area contributed by atoms with Crippen LogP contribution in [0.5, 0.6) is 0 Å². The van der Waals surface area contributed by atoms with Crippen molar-refractivity contribution in [1.29, 1.82) is 0 Å². The van der Waals surface area contributed by atoms with Crippen LogP contribution in [0.25, 0.3) is 0 Å². The van der Waals surface area contributed by atoms with Crippen molar-refractivity contribution in [3.63, 3.8) is 0 Å². The molecule has 1 rings (SSSR count). The quantitative estimate of drug-likeness (QED) is 0.579. The number of benzene rings is 1. The van der Waals surface area contributed by atoms with Gasteiger partial charge in [-0.25, -0.2) is 4.39 Å². The van der Waals surface area contributed by atoms with E-state index < -0.39 is 0 Å². The van der Waals surface area contributed by atoms with Crippen LogP contribution >= 0.6 is 12.2 Å². The van der Waals surface area contributed by atoms with Crippen LogP contribution in [0.4, 0.5) is 10.1 Å². The average molecular weight is 200 g/mol. The predicted molar refractivity (Wildman–Crippen MR) is 52.7 cm³/mol. The molecule has 0 fully saturated rings. The maximum atomic E-state index is 12.5. The largest absolute Gasteiger partial charge is 0.374 e. The van der Waals surface area contributed by atoms with Crippen LogP contribution in [0.2, 0.25) is 0 Å². The minimum atomic E-state index is -0.317. The van der Waals surface area contributed by atoms with Crippen molar-refractivity contribution in [2.45, 2.75) is 0 Å². The van der Waals surface area contributed by atoms with E-state index >= 15 is 0 Å². The molecule has 13 heavy (non-hydrogen) atoms. The second-order valence-electron chi connectivity index (χ2n) is 2.29. The monoisotopic (exact) mass is 200 g/mol. The number of nitrogens with two attached hydrogens (primary N) is 1. The lowest BCUT2D eigenvalue weighted by Crippen LogP contribution is -2.34. The maximum Gasteiger partial charge on any atom is 0.195 e. The van der Waals surface area contributed by atoms with E-state index in [2.05, 4.69) is 0 Å². The summed E-state index contributed by atoms with van der Waals surface area (Å²) in [5.41, 5.74) is 5.95. The summed E-state index contributed by atoms with van der Waals surface area (Å²) in [6.45, 7) is 0. The normalized spacial score (nSPS) is 9.69. The SMILES string of the molecule is CON(C(N)=S)c1ccc(F)cc1. The fraction of sp³-hybridized carbons (Fsp3) is 0.125. The minimum Gasteiger partial charge on any atom is -0.374 e. The van der Waals surface area contributed by atoms with Crippen LogP contribution in [-0.2, 0) is 4.84 Å². The van der Waals surface area contributed by atoms with E-state index in [9.17, 15) is 4.39 Å². The van der Waals surface area contributed by atoms with E-state index in [4.69, 9.17) is 22.8 Å². The summed E-state index contributed by atoms with van der Waals surface area (Å²) in [7, 11) is 1.43. The second kappa shape index (κ2) is 4.15. The highest BCUT2D eigenvalue weighted by molar-refractivity contribution is 7.80. The van der Waals surface area contributed by atoms with Crippen molar-refractivity contribution in [3.05, 3.63) is 30.1 Å². The molecule has 0 bridgehead atoms. The molecule has 70 valence electrons. The molecule has 1 aromatic carbocycles. The molecule has 0 spiro atoms. The van der Waals surface area contributed by atoms with E-state index in [0.717, 1.165) is 0 Å². The summed E-state index contributed by atoms with van der Waals surface area (Å²) in [5, 5.41) is 1.31. The van der Waals surface area contributed by atoms with Crippen LogP contribution in [0, 0.1) is 5.82 Å². The van der Waals surface area contributed by atoms with Gasteiger partial charge in [0.15, 0.2) is 5.11 Å². The Morgan fingerprint density at radius 2 is 2.00 bits per heavy atom. The molecule has 5 heteroatoms. The molecule has 0 unspecified atom stereocenters. The molecule has 0 saturated heterocycles. The Balaban J connectivity index is 2.92. The second-order valence-corrected chi connectivity index (χ2v) is 2.71. The highest BCUT2D eigenvalue weighted by Gasteiger charge is 2.07. The van der Waals surface area contributed by atoms with Crippen molar-refractivity contribution < 1.29 is 9.23 Å². The molecular formula is C8H9FN2OS. The number of rotatable bonds is 2. The number of nitrogens with zero attached hydrogens (tertiary/aromatic N) is 1. The summed E-state index contributed by atoms with van der Waals surface area (Å²) in [4.78, 5) is 4.88. The molecule has 0 aromatic heterocycles. The summed E-state index contributed by atoms with van der Waals surface area (Å²) < 4.78 is 12.5. The fourth-order valence-corrected chi connectivity index (χ4v) is 1.08. The van der Waals surface area contributed by atoms with E-state index in [1.165, 1.54) is 36.4 Å². The van der Waals surface area contributed by atoms with Gasteiger partial charge in [0.25, 0.3) is 0 Å². The Morgan fingerprint density at radius 3 is 2.38 bits per heavy atom. The zero-order valence-corrected chi connectivity index (χ0v) is 7.84. The summed E-state index contributed by atoms with van der Waals surface area (Å²) >= 11 is 4.72. The van der Waals surface area contributed by atoms with Gasteiger partial charge >= 0.3 is 0 Å². The number of hydrogen-bond donors (Lipinski definition) is 1. The number of thiocarbonyl (C=S) groups is 1. The number of hydrogen-bond acceptors (Lipinski definition) is 2. The third-order valence-electron chi connectivity index (χ3n) is 1.44. The molecular weight excluding hydrogens is 191 g/mol. The highest BCUT2D eigenvalue weighted by atomic mass is 32.1. The Labute approximate surface area is 80.9 Å². The Bertz CT molecular complexity index is 302. The van der Waals surface area contributed by atoms with Crippen molar-refractivity contribution in [2.24, 2.45) is 5.73 Å². The third kappa shape index (κ3) is 2.37. The topological polar surface area (TPSA) is 38.5 Å². The van der Waals surface area contributed by atoms with Crippen LogP contribution in [0.15, 0.2) is 24.3 Å². The van der Waals surface area contributed by atoms with E-state index in [1.54, 1.807) is 0 Å². The van der Waals surface area contributed by atoms with Gasteiger partial charge < -0.3 is 5.73 Å². The zero-order chi connectivity index (χ0) is 9.84. The average Bonchev–Trinajstić information content (AvgIpc) is 2.09. The number of anilines is 1. The first-order valence-electron chi connectivity index (χ1n) is 3.54. The Morgan fingerprint density at radius 1 is 1.46 bits per heavy atom. The van der Waals surface area contributed by atoms with Gasteiger partial charge in [-0.15, -0.1) is 0 Å². The lowest BCUT2D eigenvalue weighted by atomic mass is 10.3. The summed E-state index contributed by atoms with van der Waals surface area (Å²) in [6, 6.07) is 5.66. The van der Waals surface area contributed by atoms with Gasteiger partial charge in [0.05, 0.1) is 12.8 Å². The van der Waals surface area contributed by atoms with Crippen molar-refractivity contribution in [2.75, 3.05) is 12.2 Å². The molecule has 0 radical (unpaired) electrons. The van der Waals surface area contributed by atoms with Crippen LogP contribution in [0.1, 0.15) is 0 Å². The van der Waals surface area contributed by atoms with E-state index in [0.29, 0.717) is 5.69 Å². The summed E-state index contributed by atoms with van der Waals surface area (Å²) in [6.07, 6.45) is 0. The number of halogens is 1. The molecule has 0 heterocycles. The molecule has 0 aliphatic carbocycles. The molecule has 0 aliphatic heterocycles. The van der Waals surface area contributed by atoms with Crippen molar-refractivity contribution >= 4 is 23.0 Å². The number of hydroxylamine groups is 1. The Hall–Kier alpha value is -1.20. The highest BCUT2D eigenvalue weighted by Crippen LogP contribution is 2.14. The van der Waals surface area contributed by atoms with Gasteiger partial charge in [0.1, 0.15) is 5.82 Å². The van der Waals surface area contributed by atoms with Gasteiger partial charge in [0.2, 0.25) is 0 Å². The van der Waals surface area contributed by atoms with Crippen molar-refractivity contribution in [1.82, 2.24) is 0 Å². The lowest BCUT2D eigenvalue weighted by molar-refractivity contribution is 0.211. The lowest BCUT2D eigenvalue weighted by Gasteiger charge is -2.18. The fourth-order valence-electron chi connectivity index (χ4n) is 0.899. The molecule has 1 aromatic rings. The summed E-state index contributed by atoms with van der Waals surface area (Å²) in [5.74, 6) is -0.317. The van der Waals surface area contributed by atoms with Gasteiger partial charge in [-0.1, -0.05) is 0 Å². The first-order chi connectivity index (χ1) is 6.15. The van der Waals surface area contributed by atoms with Crippen LogP contribution in [0.3, 0.4) is 0 Å².